The number of phenols is 1. The second-order valence-electron chi connectivity index (χ2n) is 7.15. The molecule has 0 spiro atoms. The highest BCUT2D eigenvalue weighted by Crippen LogP contribution is 2.29. The number of rotatable bonds is 4. The molecule has 2 saturated heterocycles. The lowest BCUT2D eigenvalue weighted by Crippen LogP contribution is -2.53. The summed E-state index contributed by atoms with van der Waals surface area (Å²) in [4.78, 5) is 21.2. The number of nitrogens with one attached hydrogen (secondary N) is 2. The minimum absolute atomic E-state index is 0.0619. The van der Waals surface area contributed by atoms with Crippen LogP contribution in [0.4, 0.5) is 0 Å². The van der Waals surface area contributed by atoms with Crippen molar-refractivity contribution in [2.75, 3.05) is 26.2 Å². The van der Waals surface area contributed by atoms with Crippen molar-refractivity contribution in [1.29, 1.82) is 0 Å². The summed E-state index contributed by atoms with van der Waals surface area (Å²) >= 11 is 0. The van der Waals surface area contributed by atoms with Gasteiger partial charge in [0.15, 0.2) is 0 Å². The topological polar surface area (TPSA) is 80.7 Å². The standard InChI is InChI=1S/C20H25N5O2/c26-19-4-2-1-3-16(19)17-13-18(23-22-17)20(27)25-11-9-24(10-12-25)14-15-5-7-21-8-6-15/h1-8,17-18,22-23,26H,9-14H2. The largest absolute Gasteiger partial charge is 0.508 e. The lowest BCUT2D eigenvalue weighted by Gasteiger charge is -2.35. The molecule has 1 amide bonds. The van der Waals surface area contributed by atoms with Gasteiger partial charge in [-0.15, -0.1) is 0 Å². The third kappa shape index (κ3) is 4.10. The van der Waals surface area contributed by atoms with Crippen LogP contribution in [0.1, 0.15) is 23.6 Å². The Kier molecular flexibility index (Phi) is 5.33. The Morgan fingerprint density at radius 2 is 1.81 bits per heavy atom. The summed E-state index contributed by atoms with van der Waals surface area (Å²) in [5.74, 6) is 0.388. The van der Waals surface area contributed by atoms with Crippen LogP contribution in [0.25, 0.3) is 0 Å². The minimum Gasteiger partial charge on any atom is -0.508 e. The number of carbonyl (C=O) groups excluding carboxylic acids is 1. The van der Waals surface area contributed by atoms with Crippen molar-refractivity contribution in [3.05, 3.63) is 59.9 Å². The zero-order valence-electron chi connectivity index (χ0n) is 15.2. The first-order valence-corrected chi connectivity index (χ1v) is 9.39. The number of amides is 1. The number of carbonyl (C=O) groups is 1. The number of phenolic OH excluding ortho intramolecular Hbond substituents is 1. The molecule has 2 fully saturated rings. The van der Waals surface area contributed by atoms with Gasteiger partial charge < -0.3 is 10.0 Å². The van der Waals surface area contributed by atoms with Crippen LogP contribution in [0, 0.1) is 0 Å². The fourth-order valence-electron chi connectivity index (χ4n) is 3.80. The van der Waals surface area contributed by atoms with Gasteiger partial charge in [-0.1, -0.05) is 18.2 Å². The van der Waals surface area contributed by atoms with Gasteiger partial charge >= 0.3 is 0 Å². The molecule has 27 heavy (non-hydrogen) atoms. The van der Waals surface area contributed by atoms with E-state index in [2.05, 4.69) is 20.7 Å². The van der Waals surface area contributed by atoms with E-state index in [-0.39, 0.29) is 23.7 Å². The van der Waals surface area contributed by atoms with Crippen LogP contribution in [0.3, 0.4) is 0 Å². The number of benzene rings is 1. The molecule has 1 aromatic heterocycles. The Balaban J connectivity index is 1.29. The van der Waals surface area contributed by atoms with E-state index >= 15 is 0 Å². The quantitative estimate of drug-likeness (QED) is 0.749. The highest BCUT2D eigenvalue weighted by Gasteiger charge is 2.34. The van der Waals surface area contributed by atoms with E-state index in [4.69, 9.17) is 0 Å². The van der Waals surface area contributed by atoms with Gasteiger partial charge in [0, 0.05) is 50.7 Å². The third-order valence-electron chi connectivity index (χ3n) is 5.35. The molecule has 7 heteroatoms. The van der Waals surface area contributed by atoms with E-state index in [1.165, 1.54) is 5.56 Å². The lowest BCUT2D eigenvalue weighted by atomic mass is 10.0. The monoisotopic (exact) mass is 367 g/mol. The molecule has 2 atom stereocenters. The summed E-state index contributed by atoms with van der Waals surface area (Å²) < 4.78 is 0. The summed E-state index contributed by atoms with van der Waals surface area (Å²) in [6.45, 7) is 4.12. The fraction of sp³-hybridized carbons (Fsp3) is 0.400. The minimum atomic E-state index is -0.263. The van der Waals surface area contributed by atoms with Gasteiger partial charge in [-0.3, -0.25) is 14.7 Å². The van der Waals surface area contributed by atoms with Gasteiger partial charge in [0.05, 0.1) is 6.04 Å². The van der Waals surface area contributed by atoms with Gasteiger partial charge in [-0.05, 0) is 30.2 Å². The summed E-state index contributed by atoms with van der Waals surface area (Å²) in [6.07, 6.45) is 4.26. The van der Waals surface area contributed by atoms with Crippen molar-refractivity contribution in [1.82, 2.24) is 25.6 Å². The molecule has 0 saturated carbocycles. The predicted molar refractivity (Wildman–Crippen MR) is 102 cm³/mol. The first kappa shape index (κ1) is 17.9. The van der Waals surface area contributed by atoms with Crippen LogP contribution in [0.2, 0.25) is 0 Å². The molecule has 2 aliphatic rings. The molecule has 3 N–H and O–H groups in total. The highest BCUT2D eigenvalue weighted by molar-refractivity contribution is 5.82. The van der Waals surface area contributed by atoms with Crippen LogP contribution in [0.5, 0.6) is 5.75 Å². The zero-order chi connectivity index (χ0) is 18.6. The fourth-order valence-corrected chi connectivity index (χ4v) is 3.80. The number of hydrogen-bond donors (Lipinski definition) is 3. The maximum Gasteiger partial charge on any atom is 0.241 e. The molecule has 2 aliphatic heterocycles. The maximum atomic E-state index is 12.9. The van der Waals surface area contributed by atoms with Gasteiger partial charge in [0.2, 0.25) is 5.91 Å². The molecule has 4 rings (SSSR count). The molecule has 2 aromatic rings. The molecule has 0 bridgehead atoms. The summed E-state index contributed by atoms with van der Waals surface area (Å²) in [5.41, 5.74) is 8.33. The Morgan fingerprint density at radius 3 is 2.56 bits per heavy atom. The molecule has 1 aromatic carbocycles. The Labute approximate surface area is 159 Å². The average molecular weight is 367 g/mol. The molecule has 7 nitrogen and oxygen atoms in total. The zero-order valence-corrected chi connectivity index (χ0v) is 15.2. The van der Waals surface area contributed by atoms with Crippen molar-refractivity contribution in [2.45, 2.75) is 25.0 Å². The number of para-hydroxylation sites is 1. The van der Waals surface area contributed by atoms with E-state index in [1.54, 1.807) is 12.1 Å². The smallest absolute Gasteiger partial charge is 0.241 e. The van der Waals surface area contributed by atoms with Crippen molar-refractivity contribution < 1.29 is 9.90 Å². The number of pyridine rings is 1. The first-order valence-electron chi connectivity index (χ1n) is 9.39. The number of nitrogens with zero attached hydrogens (tertiary/aromatic N) is 3. The lowest BCUT2D eigenvalue weighted by molar-refractivity contribution is -0.135. The first-order chi connectivity index (χ1) is 13.2. The van der Waals surface area contributed by atoms with Gasteiger partial charge in [-0.25, -0.2) is 10.9 Å². The van der Waals surface area contributed by atoms with Crippen LogP contribution in [-0.4, -0.2) is 58.0 Å². The molecular formula is C20H25N5O2. The van der Waals surface area contributed by atoms with E-state index in [0.29, 0.717) is 6.42 Å². The average Bonchev–Trinajstić information content (AvgIpc) is 3.19. The predicted octanol–water partition coefficient (Wildman–Crippen LogP) is 1.04. The normalized spacial score (nSPS) is 23.5. The van der Waals surface area contributed by atoms with E-state index in [0.717, 1.165) is 38.3 Å². The Bertz CT molecular complexity index is 777. The number of aromatic hydroxyl groups is 1. The van der Waals surface area contributed by atoms with Gasteiger partial charge in [0.25, 0.3) is 0 Å². The number of piperazine rings is 1. The summed E-state index contributed by atoms with van der Waals surface area (Å²) in [5, 5.41) is 10.0. The number of hydrogen-bond acceptors (Lipinski definition) is 6. The molecule has 0 aliphatic carbocycles. The summed E-state index contributed by atoms with van der Waals surface area (Å²) in [6, 6.07) is 11.0. The maximum absolute atomic E-state index is 12.9. The van der Waals surface area contributed by atoms with Crippen molar-refractivity contribution in [3.8, 4) is 5.75 Å². The molecule has 2 unspecified atom stereocenters. The van der Waals surface area contributed by atoms with Crippen LogP contribution < -0.4 is 10.9 Å². The van der Waals surface area contributed by atoms with Gasteiger partial charge in [0.1, 0.15) is 11.8 Å². The van der Waals surface area contributed by atoms with E-state index < -0.39 is 0 Å². The Morgan fingerprint density at radius 1 is 1.07 bits per heavy atom. The molecule has 0 radical (unpaired) electrons. The molecule has 3 heterocycles. The summed E-state index contributed by atoms with van der Waals surface area (Å²) in [7, 11) is 0. The number of aromatic nitrogens is 1. The van der Waals surface area contributed by atoms with Crippen LogP contribution >= 0.6 is 0 Å². The molecular weight excluding hydrogens is 342 g/mol. The highest BCUT2D eigenvalue weighted by atomic mass is 16.3. The van der Waals surface area contributed by atoms with Crippen LogP contribution in [0.15, 0.2) is 48.8 Å². The second kappa shape index (κ2) is 8.04. The Hall–Kier alpha value is -2.48. The van der Waals surface area contributed by atoms with Crippen molar-refractivity contribution in [3.63, 3.8) is 0 Å². The third-order valence-corrected chi connectivity index (χ3v) is 5.35. The second-order valence-corrected chi connectivity index (χ2v) is 7.15. The van der Waals surface area contributed by atoms with E-state index in [1.807, 2.05) is 41.6 Å². The molecule has 142 valence electrons. The SMILES string of the molecule is O=C(C1CC(c2ccccc2O)NN1)N1CCN(Cc2ccncc2)CC1. The van der Waals surface area contributed by atoms with Crippen molar-refractivity contribution in [2.24, 2.45) is 0 Å². The van der Waals surface area contributed by atoms with Gasteiger partial charge in [-0.2, -0.15) is 0 Å². The number of hydrazine groups is 1. The van der Waals surface area contributed by atoms with Crippen LogP contribution in [-0.2, 0) is 11.3 Å². The van der Waals surface area contributed by atoms with E-state index in [9.17, 15) is 9.90 Å². The van der Waals surface area contributed by atoms with Crippen molar-refractivity contribution >= 4 is 5.91 Å².